The third-order valence-electron chi connectivity index (χ3n) is 3.85. The van der Waals surface area contributed by atoms with Gasteiger partial charge in [-0.05, 0) is 40.9 Å². The van der Waals surface area contributed by atoms with Gasteiger partial charge in [-0.25, -0.2) is 4.39 Å². The summed E-state index contributed by atoms with van der Waals surface area (Å²) in [5, 5.41) is 0. The van der Waals surface area contributed by atoms with Crippen molar-refractivity contribution >= 4 is 39.5 Å². The Morgan fingerprint density at radius 3 is 2.61 bits per heavy atom. The number of ether oxygens (including phenoxy) is 1. The molecule has 0 bridgehead atoms. The molecule has 1 aliphatic carbocycles. The predicted octanol–water partition coefficient (Wildman–Crippen LogP) is 4.54. The maximum absolute atomic E-state index is 13.7. The van der Waals surface area contributed by atoms with Crippen molar-refractivity contribution in [2.45, 2.75) is 28.9 Å². The van der Waals surface area contributed by atoms with Gasteiger partial charge < -0.3 is 4.74 Å². The number of benzene rings is 1. The molecule has 2 heterocycles. The van der Waals surface area contributed by atoms with Crippen molar-refractivity contribution < 1.29 is 9.13 Å². The van der Waals surface area contributed by atoms with Crippen LogP contribution in [0.1, 0.15) is 24.8 Å². The molecular weight excluding hydrogens is 335 g/mol. The minimum Gasteiger partial charge on any atom is -0.486 e. The van der Waals surface area contributed by atoms with E-state index in [1.807, 2.05) is 23.5 Å². The van der Waals surface area contributed by atoms with Crippen molar-refractivity contribution in [2.75, 3.05) is 11.5 Å². The number of hydrogen-bond acceptors (Lipinski definition) is 3. The Balaban J connectivity index is 1.92. The van der Waals surface area contributed by atoms with Gasteiger partial charge in [0.05, 0.1) is 8.55 Å². The fourth-order valence-electron chi connectivity index (χ4n) is 2.85. The SMILES string of the molecule is Fc1cc(Br)c2c(c1)C1(CC3(CC3)O2)SCCS1. The summed E-state index contributed by atoms with van der Waals surface area (Å²) in [6.07, 6.45) is 3.30. The molecule has 5 heteroatoms. The summed E-state index contributed by atoms with van der Waals surface area (Å²) < 4.78 is 20.6. The molecule has 1 saturated heterocycles. The number of halogens is 2. The third kappa shape index (κ3) is 1.66. The van der Waals surface area contributed by atoms with E-state index in [1.165, 1.54) is 6.07 Å². The Kier molecular flexibility index (Phi) is 2.53. The fraction of sp³-hybridized carbons (Fsp3) is 0.538. The van der Waals surface area contributed by atoms with E-state index in [9.17, 15) is 4.39 Å². The van der Waals surface area contributed by atoms with Gasteiger partial charge in [-0.2, -0.15) is 0 Å². The molecule has 96 valence electrons. The second-order valence-corrected chi connectivity index (χ2v) is 9.08. The zero-order valence-corrected chi connectivity index (χ0v) is 12.9. The smallest absolute Gasteiger partial charge is 0.139 e. The lowest BCUT2D eigenvalue weighted by atomic mass is 9.99. The van der Waals surface area contributed by atoms with E-state index in [0.29, 0.717) is 0 Å². The Hall–Kier alpha value is 0.130. The van der Waals surface area contributed by atoms with Crippen molar-refractivity contribution in [1.82, 2.24) is 0 Å². The molecule has 0 N–H and O–H groups in total. The average Bonchev–Trinajstić information content (AvgIpc) is 2.88. The first-order chi connectivity index (χ1) is 8.63. The lowest BCUT2D eigenvalue weighted by Gasteiger charge is -2.39. The highest BCUT2D eigenvalue weighted by Gasteiger charge is 2.58. The molecule has 0 atom stereocenters. The van der Waals surface area contributed by atoms with Gasteiger partial charge in [0.25, 0.3) is 0 Å². The average molecular weight is 347 g/mol. The summed E-state index contributed by atoms with van der Waals surface area (Å²) in [5.74, 6) is 2.99. The van der Waals surface area contributed by atoms with Crippen molar-refractivity contribution in [3.8, 4) is 5.75 Å². The molecule has 1 aromatic rings. The molecule has 2 aliphatic heterocycles. The van der Waals surface area contributed by atoms with Gasteiger partial charge >= 0.3 is 0 Å². The first-order valence-corrected chi connectivity index (χ1v) is 8.85. The Morgan fingerprint density at radius 1 is 1.22 bits per heavy atom. The lowest BCUT2D eigenvalue weighted by molar-refractivity contribution is 0.143. The van der Waals surface area contributed by atoms with Crippen LogP contribution in [0.4, 0.5) is 4.39 Å². The molecule has 0 aromatic heterocycles. The van der Waals surface area contributed by atoms with Crippen LogP contribution in [0.15, 0.2) is 16.6 Å². The molecule has 0 unspecified atom stereocenters. The van der Waals surface area contributed by atoms with E-state index in [2.05, 4.69) is 15.9 Å². The Bertz CT molecular complexity index is 524. The lowest BCUT2D eigenvalue weighted by Crippen LogP contribution is -2.34. The Morgan fingerprint density at radius 2 is 1.94 bits per heavy atom. The van der Waals surface area contributed by atoms with Crippen LogP contribution in [-0.4, -0.2) is 17.1 Å². The highest BCUT2D eigenvalue weighted by atomic mass is 79.9. The molecule has 2 spiro atoms. The van der Waals surface area contributed by atoms with Crippen molar-refractivity contribution in [3.63, 3.8) is 0 Å². The highest BCUT2D eigenvalue weighted by Crippen LogP contribution is 2.66. The van der Waals surface area contributed by atoms with E-state index < -0.39 is 0 Å². The van der Waals surface area contributed by atoms with Crippen LogP contribution in [0.2, 0.25) is 0 Å². The van der Waals surface area contributed by atoms with Gasteiger partial charge in [0.15, 0.2) is 0 Å². The number of rotatable bonds is 0. The second kappa shape index (κ2) is 3.83. The minimum atomic E-state index is -0.177. The number of hydrogen-bond donors (Lipinski definition) is 0. The molecule has 1 nitrogen and oxygen atoms in total. The first-order valence-electron chi connectivity index (χ1n) is 6.09. The highest BCUT2D eigenvalue weighted by molar-refractivity contribution is 9.10. The largest absolute Gasteiger partial charge is 0.486 e. The summed E-state index contributed by atoms with van der Waals surface area (Å²) in [4.78, 5) is 0. The quantitative estimate of drug-likeness (QED) is 0.682. The summed E-state index contributed by atoms with van der Waals surface area (Å²) in [7, 11) is 0. The van der Waals surface area contributed by atoms with E-state index in [4.69, 9.17) is 4.74 Å². The molecule has 1 aromatic carbocycles. The molecule has 4 rings (SSSR count). The van der Waals surface area contributed by atoms with Crippen molar-refractivity contribution in [2.24, 2.45) is 0 Å². The molecule has 0 amide bonds. The van der Waals surface area contributed by atoms with Gasteiger partial charge in [-0.1, -0.05) is 0 Å². The van der Waals surface area contributed by atoms with Crippen molar-refractivity contribution in [1.29, 1.82) is 0 Å². The van der Waals surface area contributed by atoms with E-state index in [0.717, 1.165) is 46.6 Å². The number of fused-ring (bicyclic) bond motifs is 2. The zero-order valence-electron chi connectivity index (χ0n) is 9.67. The Labute approximate surface area is 122 Å². The van der Waals surface area contributed by atoms with E-state index >= 15 is 0 Å². The maximum Gasteiger partial charge on any atom is 0.139 e. The van der Waals surface area contributed by atoms with Crippen LogP contribution >= 0.6 is 39.5 Å². The topological polar surface area (TPSA) is 9.23 Å². The zero-order chi connectivity index (χ0) is 12.4. The fourth-order valence-corrected chi connectivity index (χ4v) is 6.87. The molecule has 0 radical (unpaired) electrons. The van der Waals surface area contributed by atoms with Crippen molar-refractivity contribution in [3.05, 3.63) is 28.0 Å². The molecule has 18 heavy (non-hydrogen) atoms. The van der Waals surface area contributed by atoms with E-state index in [1.54, 1.807) is 6.07 Å². The summed E-state index contributed by atoms with van der Waals surface area (Å²) in [6.45, 7) is 0. The van der Waals surface area contributed by atoms with Gasteiger partial charge in [-0.3, -0.25) is 0 Å². The van der Waals surface area contributed by atoms with Crippen LogP contribution < -0.4 is 4.74 Å². The summed E-state index contributed by atoms with van der Waals surface area (Å²) in [6, 6.07) is 3.18. The summed E-state index contributed by atoms with van der Waals surface area (Å²) in [5.41, 5.74) is 1.08. The summed E-state index contributed by atoms with van der Waals surface area (Å²) >= 11 is 7.39. The normalized spacial score (nSPS) is 26.1. The van der Waals surface area contributed by atoms with Gasteiger partial charge in [0.1, 0.15) is 17.2 Å². The van der Waals surface area contributed by atoms with E-state index in [-0.39, 0.29) is 15.5 Å². The standard InChI is InChI=1S/C13H12BrFOS2/c14-10-6-8(15)5-9-11(10)16-12(1-2-12)7-13(9)17-3-4-18-13/h5-6H,1-4,7H2. The van der Waals surface area contributed by atoms with Gasteiger partial charge in [-0.15, -0.1) is 23.5 Å². The first kappa shape index (κ1) is 11.9. The third-order valence-corrected chi connectivity index (χ3v) is 7.89. The van der Waals surface area contributed by atoms with Crippen LogP contribution in [0, 0.1) is 5.82 Å². The van der Waals surface area contributed by atoms with Gasteiger partial charge in [0, 0.05) is 23.5 Å². The minimum absolute atomic E-state index is 0.0225. The molecule has 2 fully saturated rings. The molecule has 3 aliphatic rings. The molecule has 1 saturated carbocycles. The van der Waals surface area contributed by atoms with Crippen LogP contribution in [0.3, 0.4) is 0 Å². The molecular formula is C13H12BrFOS2. The van der Waals surface area contributed by atoms with Gasteiger partial charge in [0.2, 0.25) is 0 Å². The van der Waals surface area contributed by atoms with Crippen LogP contribution in [-0.2, 0) is 4.08 Å². The maximum atomic E-state index is 13.7. The number of thioether (sulfide) groups is 2. The monoisotopic (exact) mass is 346 g/mol. The van der Waals surface area contributed by atoms with Crippen LogP contribution in [0.25, 0.3) is 0 Å². The van der Waals surface area contributed by atoms with Crippen LogP contribution in [0.5, 0.6) is 5.75 Å². The second-order valence-electron chi connectivity index (χ2n) is 5.18. The predicted molar refractivity (Wildman–Crippen MR) is 77.9 cm³/mol.